The number of rotatable bonds is 5. The van der Waals surface area contributed by atoms with Crippen LogP contribution in [0.5, 0.6) is 0 Å². The number of anilines is 1. The van der Waals surface area contributed by atoms with Crippen LogP contribution in [-0.2, 0) is 24.4 Å². The van der Waals surface area contributed by atoms with E-state index in [-0.39, 0.29) is 31.4 Å². The molecular formula is C23H26N2O5S3. The minimum absolute atomic E-state index is 0.0771. The summed E-state index contributed by atoms with van der Waals surface area (Å²) in [7, 11) is -8.03. The van der Waals surface area contributed by atoms with Crippen LogP contribution >= 0.6 is 11.3 Å². The molecule has 3 aromatic rings. The fraction of sp³-hybridized carbons (Fsp3) is 0.348. The molecule has 0 saturated carbocycles. The van der Waals surface area contributed by atoms with E-state index in [1.54, 1.807) is 24.3 Å². The number of sulfone groups is 2. The number of aromatic nitrogens is 1. The topological polar surface area (TPSA) is 93.6 Å². The van der Waals surface area contributed by atoms with Gasteiger partial charge in [0.15, 0.2) is 5.03 Å². The Balaban J connectivity index is 1.88. The van der Waals surface area contributed by atoms with Gasteiger partial charge < -0.3 is 9.64 Å². The third-order valence-corrected chi connectivity index (χ3v) is 10.5. The number of nitrogens with zero attached hydrogens (tertiary/aromatic N) is 2. The zero-order valence-corrected chi connectivity index (χ0v) is 21.3. The largest absolute Gasteiger partial charge is 0.372 e. The van der Waals surface area contributed by atoms with E-state index >= 15 is 0 Å². The van der Waals surface area contributed by atoms with Crippen molar-refractivity contribution in [1.29, 1.82) is 0 Å². The van der Waals surface area contributed by atoms with Crippen LogP contribution in [-0.4, -0.2) is 47.1 Å². The normalized spacial score (nSPS) is 19.6. The quantitative estimate of drug-likeness (QED) is 0.516. The van der Waals surface area contributed by atoms with Gasteiger partial charge >= 0.3 is 0 Å². The molecule has 1 saturated heterocycles. The molecule has 0 radical (unpaired) electrons. The predicted molar refractivity (Wildman–Crippen MR) is 128 cm³/mol. The van der Waals surface area contributed by atoms with Gasteiger partial charge in [0.05, 0.1) is 22.0 Å². The third kappa shape index (κ3) is 4.70. The van der Waals surface area contributed by atoms with Crippen molar-refractivity contribution >= 4 is 36.0 Å². The lowest BCUT2D eigenvalue weighted by Crippen LogP contribution is -2.45. The maximum Gasteiger partial charge on any atom is 0.233 e. The van der Waals surface area contributed by atoms with Gasteiger partial charge in [-0.2, -0.15) is 0 Å². The number of benzene rings is 2. The fourth-order valence-electron chi connectivity index (χ4n) is 3.76. The summed E-state index contributed by atoms with van der Waals surface area (Å²) >= 11 is 0.893. The summed E-state index contributed by atoms with van der Waals surface area (Å²) in [5.41, 5.74) is 1.85. The van der Waals surface area contributed by atoms with E-state index in [4.69, 9.17) is 4.74 Å². The van der Waals surface area contributed by atoms with Gasteiger partial charge in [0, 0.05) is 13.1 Å². The highest BCUT2D eigenvalue weighted by molar-refractivity contribution is 7.94. The van der Waals surface area contributed by atoms with Crippen molar-refractivity contribution in [1.82, 2.24) is 4.98 Å². The number of morpholine rings is 1. The minimum atomic E-state index is -4.05. The highest BCUT2D eigenvalue weighted by Crippen LogP contribution is 2.40. The first-order valence-electron chi connectivity index (χ1n) is 10.5. The van der Waals surface area contributed by atoms with Crippen LogP contribution in [0.2, 0.25) is 0 Å². The molecule has 7 nitrogen and oxygen atoms in total. The second kappa shape index (κ2) is 8.83. The second-order valence-electron chi connectivity index (χ2n) is 8.39. The molecule has 0 amide bonds. The van der Waals surface area contributed by atoms with E-state index in [0.29, 0.717) is 18.1 Å². The van der Waals surface area contributed by atoms with Crippen molar-refractivity contribution in [3.8, 4) is 0 Å². The Morgan fingerprint density at radius 1 is 0.818 bits per heavy atom. The summed E-state index contributed by atoms with van der Waals surface area (Å²) in [6.45, 7) is 8.42. The summed E-state index contributed by atoms with van der Waals surface area (Å²) in [4.78, 5) is 6.26. The van der Waals surface area contributed by atoms with Gasteiger partial charge in [-0.3, -0.25) is 0 Å². The van der Waals surface area contributed by atoms with Crippen LogP contribution in [0.15, 0.2) is 67.7 Å². The van der Waals surface area contributed by atoms with Crippen LogP contribution in [0.25, 0.3) is 0 Å². The zero-order valence-electron chi connectivity index (χ0n) is 18.8. The molecule has 33 heavy (non-hydrogen) atoms. The first kappa shape index (κ1) is 23.9. The van der Waals surface area contributed by atoms with E-state index in [2.05, 4.69) is 4.98 Å². The van der Waals surface area contributed by atoms with Gasteiger partial charge in [-0.1, -0.05) is 46.7 Å². The van der Waals surface area contributed by atoms with Crippen LogP contribution in [0.4, 0.5) is 5.00 Å². The van der Waals surface area contributed by atoms with Crippen LogP contribution in [0.3, 0.4) is 0 Å². The number of hydrogen-bond acceptors (Lipinski definition) is 8. The smallest absolute Gasteiger partial charge is 0.233 e. The summed E-state index contributed by atoms with van der Waals surface area (Å²) in [6, 6.07) is 12.9. The highest BCUT2D eigenvalue weighted by Gasteiger charge is 2.35. The average Bonchev–Trinajstić information content (AvgIpc) is 3.21. The molecule has 2 heterocycles. The molecule has 1 aromatic heterocycles. The first-order chi connectivity index (χ1) is 15.5. The SMILES string of the molecule is Cc1ccc(S(=O)(=O)c2nc(S(=O)(=O)c3ccc(C)cc3)c(N3CC(C)OC(C)C3)s2)cc1. The lowest BCUT2D eigenvalue weighted by atomic mass is 10.2. The standard InChI is InChI=1S/C23H26N2O5S3/c1-15-5-9-19(10-6-15)32(26,27)21-22(25-13-17(3)30-18(4)14-25)31-23(24-21)33(28,29)20-11-7-16(2)8-12-20/h5-12,17-18H,13-14H2,1-4H3. The van der Waals surface area contributed by atoms with Gasteiger partial charge in [0.2, 0.25) is 24.0 Å². The van der Waals surface area contributed by atoms with Crippen LogP contribution < -0.4 is 4.90 Å². The molecule has 2 aromatic carbocycles. The van der Waals surface area contributed by atoms with E-state index in [9.17, 15) is 16.8 Å². The van der Waals surface area contributed by atoms with Crippen molar-refractivity contribution < 1.29 is 21.6 Å². The molecule has 0 aliphatic carbocycles. The van der Waals surface area contributed by atoms with Crippen molar-refractivity contribution in [2.24, 2.45) is 0 Å². The molecule has 2 unspecified atom stereocenters. The van der Waals surface area contributed by atoms with E-state index in [1.165, 1.54) is 24.3 Å². The Morgan fingerprint density at radius 2 is 1.27 bits per heavy atom. The van der Waals surface area contributed by atoms with Crippen LogP contribution in [0, 0.1) is 13.8 Å². The Kier molecular flexibility index (Phi) is 6.38. The number of aryl methyl sites for hydroxylation is 2. The minimum Gasteiger partial charge on any atom is -0.372 e. The molecule has 0 N–H and O–H groups in total. The van der Waals surface area contributed by atoms with Crippen molar-refractivity contribution in [2.75, 3.05) is 18.0 Å². The highest BCUT2D eigenvalue weighted by atomic mass is 32.2. The van der Waals surface area contributed by atoms with Crippen molar-refractivity contribution in [3.05, 3.63) is 59.7 Å². The Labute approximate surface area is 198 Å². The predicted octanol–water partition coefficient (Wildman–Crippen LogP) is 4.04. The maximum atomic E-state index is 13.6. The summed E-state index contributed by atoms with van der Waals surface area (Å²) < 4.78 is 59.4. The molecule has 0 bridgehead atoms. The monoisotopic (exact) mass is 506 g/mol. The zero-order chi connectivity index (χ0) is 24.0. The molecule has 0 spiro atoms. The molecular weight excluding hydrogens is 480 g/mol. The number of hydrogen-bond donors (Lipinski definition) is 0. The molecule has 10 heteroatoms. The summed E-state index contributed by atoms with van der Waals surface area (Å²) in [5.74, 6) is 0. The molecule has 1 aliphatic heterocycles. The Morgan fingerprint density at radius 3 is 1.76 bits per heavy atom. The van der Waals surface area contributed by atoms with Crippen molar-refractivity contribution in [2.45, 2.75) is 59.1 Å². The van der Waals surface area contributed by atoms with E-state index < -0.39 is 19.7 Å². The third-order valence-electron chi connectivity index (χ3n) is 5.41. The maximum absolute atomic E-state index is 13.6. The van der Waals surface area contributed by atoms with Gasteiger partial charge in [0.25, 0.3) is 0 Å². The summed E-state index contributed by atoms with van der Waals surface area (Å²) in [6.07, 6.45) is -0.272. The first-order valence-corrected chi connectivity index (χ1v) is 14.3. The average molecular weight is 507 g/mol. The summed E-state index contributed by atoms with van der Waals surface area (Å²) in [5, 5.41) is 0.0894. The van der Waals surface area contributed by atoms with Gasteiger partial charge in [-0.05, 0) is 52.0 Å². The molecule has 1 fully saturated rings. The Bertz CT molecular complexity index is 1350. The lowest BCUT2D eigenvalue weighted by Gasteiger charge is -2.36. The number of thiazole rings is 1. The van der Waals surface area contributed by atoms with Gasteiger partial charge in [-0.15, -0.1) is 0 Å². The molecule has 1 aliphatic rings. The lowest BCUT2D eigenvalue weighted by molar-refractivity contribution is -0.00517. The fourth-order valence-corrected chi connectivity index (χ4v) is 8.20. The molecule has 4 rings (SSSR count). The second-order valence-corrected chi connectivity index (χ2v) is 13.4. The Hall–Kier alpha value is -2.27. The van der Waals surface area contributed by atoms with Crippen molar-refractivity contribution in [3.63, 3.8) is 0 Å². The number of ether oxygens (including phenoxy) is 1. The van der Waals surface area contributed by atoms with Gasteiger partial charge in [-0.25, -0.2) is 21.8 Å². The van der Waals surface area contributed by atoms with E-state index in [0.717, 1.165) is 22.5 Å². The molecule has 176 valence electrons. The van der Waals surface area contributed by atoms with Gasteiger partial charge in [0.1, 0.15) is 5.00 Å². The van der Waals surface area contributed by atoms with Crippen LogP contribution in [0.1, 0.15) is 25.0 Å². The van der Waals surface area contributed by atoms with E-state index in [1.807, 2.05) is 32.6 Å². The molecule has 2 atom stereocenters.